The SMILES string of the molecule is CN(C)c1ccc(C(=O)N[C@@H]2CCCc3ccccc32)cc1[N+](=O)[O-]. The first kappa shape index (κ1) is 17.0. The Morgan fingerprint density at radius 3 is 2.72 bits per heavy atom. The molecule has 0 saturated carbocycles. The van der Waals surface area contributed by atoms with Crippen molar-refractivity contribution in [3.63, 3.8) is 0 Å². The van der Waals surface area contributed by atoms with Crippen molar-refractivity contribution in [2.24, 2.45) is 0 Å². The average molecular weight is 339 g/mol. The Bertz CT molecular complexity index is 817. The van der Waals surface area contributed by atoms with Crippen LogP contribution in [-0.2, 0) is 6.42 Å². The van der Waals surface area contributed by atoms with Crippen molar-refractivity contribution in [1.29, 1.82) is 0 Å². The highest BCUT2D eigenvalue weighted by molar-refractivity contribution is 5.96. The number of fused-ring (bicyclic) bond motifs is 1. The Morgan fingerprint density at radius 1 is 1.24 bits per heavy atom. The molecule has 130 valence electrons. The molecule has 3 rings (SSSR count). The Balaban J connectivity index is 1.85. The van der Waals surface area contributed by atoms with Crippen LogP contribution >= 0.6 is 0 Å². The lowest BCUT2D eigenvalue weighted by molar-refractivity contribution is -0.384. The first-order chi connectivity index (χ1) is 12.0. The molecule has 1 atom stereocenters. The predicted octanol–water partition coefficient (Wildman–Crippen LogP) is 3.47. The van der Waals surface area contributed by atoms with Crippen molar-refractivity contribution in [3.05, 3.63) is 69.3 Å². The van der Waals surface area contributed by atoms with E-state index in [9.17, 15) is 14.9 Å². The molecule has 1 aliphatic carbocycles. The van der Waals surface area contributed by atoms with E-state index in [-0.39, 0.29) is 17.6 Å². The largest absolute Gasteiger partial charge is 0.372 e. The molecule has 25 heavy (non-hydrogen) atoms. The van der Waals surface area contributed by atoms with Gasteiger partial charge in [-0.1, -0.05) is 24.3 Å². The fraction of sp³-hybridized carbons (Fsp3) is 0.316. The zero-order valence-corrected chi connectivity index (χ0v) is 14.4. The summed E-state index contributed by atoms with van der Waals surface area (Å²) in [7, 11) is 3.47. The molecular formula is C19H21N3O3. The standard InChI is InChI=1S/C19H21N3O3/c1-21(2)17-11-10-14(12-18(17)22(24)25)19(23)20-16-9-5-7-13-6-3-4-8-15(13)16/h3-4,6,8,10-12,16H,5,7,9H2,1-2H3,(H,20,23)/t16-/m1/s1. The molecule has 6 nitrogen and oxygen atoms in total. The summed E-state index contributed by atoms with van der Waals surface area (Å²) in [6, 6.07) is 12.6. The molecule has 2 aromatic carbocycles. The van der Waals surface area contributed by atoms with Gasteiger partial charge in [0.05, 0.1) is 11.0 Å². The molecule has 0 radical (unpaired) electrons. The number of nitro groups is 1. The third-order valence-corrected chi connectivity index (χ3v) is 4.59. The van der Waals surface area contributed by atoms with E-state index < -0.39 is 4.92 Å². The second-order valence-electron chi connectivity index (χ2n) is 6.47. The lowest BCUT2D eigenvalue weighted by Crippen LogP contribution is -2.31. The van der Waals surface area contributed by atoms with E-state index in [1.54, 1.807) is 31.1 Å². The van der Waals surface area contributed by atoms with Gasteiger partial charge in [0, 0.05) is 25.7 Å². The maximum atomic E-state index is 12.6. The van der Waals surface area contributed by atoms with Gasteiger partial charge >= 0.3 is 0 Å². The van der Waals surface area contributed by atoms with Crippen LogP contribution in [0.4, 0.5) is 11.4 Å². The van der Waals surface area contributed by atoms with Crippen LogP contribution in [0.3, 0.4) is 0 Å². The van der Waals surface area contributed by atoms with Gasteiger partial charge in [0.25, 0.3) is 11.6 Å². The van der Waals surface area contributed by atoms with Crippen LogP contribution in [-0.4, -0.2) is 24.9 Å². The number of benzene rings is 2. The van der Waals surface area contributed by atoms with E-state index in [1.807, 2.05) is 18.2 Å². The number of nitrogens with one attached hydrogen (secondary N) is 1. The summed E-state index contributed by atoms with van der Waals surface area (Å²) in [5, 5.41) is 14.3. The number of anilines is 1. The van der Waals surface area contributed by atoms with Gasteiger partial charge in [-0.2, -0.15) is 0 Å². The van der Waals surface area contributed by atoms with Crippen LogP contribution in [0.2, 0.25) is 0 Å². The number of hydrogen-bond donors (Lipinski definition) is 1. The molecule has 0 aromatic heterocycles. The Hall–Kier alpha value is -2.89. The topological polar surface area (TPSA) is 75.5 Å². The number of amides is 1. The van der Waals surface area contributed by atoms with Crippen molar-refractivity contribution in [2.75, 3.05) is 19.0 Å². The lowest BCUT2D eigenvalue weighted by Gasteiger charge is -2.26. The van der Waals surface area contributed by atoms with Crippen LogP contribution in [0.25, 0.3) is 0 Å². The Labute approximate surface area is 146 Å². The summed E-state index contributed by atoms with van der Waals surface area (Å²) in [6.45, 7) is 0. The maximum Gasteiger partial charge on any atom is 0.293 e. The first-order valence-electron chi connectivity index (χ1n) is 8.32. The number of aryl methyl sites for hydroxylation is 1. The summed E-state index contributed by atoms with van der Waals surface area (Å²) < 4.78 is 0. The third kappa shape index (κ3) is 3.47. The summed E-state index contributed by atoms with van der Waals surface area (Å²) in [5.41, 5.74) is 3.11. The first-order valence-corrected chi connectivity index (χ1v) is 8.32. The summed E-state index contributed by atoms with van der Waals surface area (Å²) in [5.74, 6) is -0.282. The maximum absolute atomic E-state index is 12.6. The van der Waals surface area contributed by atoms with Gasteiger partial charge in [0.15, 0.2) is 0 Å². The Kier molecular flexibility index (Phi) is 4.70. The van der Waals surface area contributed by atoms with Gasteiger partial charge < -0.3 is 10.2 Å². The number of nitrogens with zero attached hydrogens (tertiary/aromatic N) is 2. The number of rotatable bonds is 4. The molecule has 6 heteroatoms. The molecule has 0 aliphatic heterocycles. The molecule has 0 unspecified atom stereocenters. The van der Waals surface area contributed by atoms with Gasteiger partial charge in [0.1, 0.15) is 5.69 Å². The fourth-order valence-electron chi connectivity index (χ4n) is 3.33. The van der Waals surface area contributed by atoms with Crippen molar-refractivity contribution in [1.82, 2.24) is 5.32 Å². The van der Waals surface area contributed by atoms with Crippen molar-refractivity contribution in [2.45, 2.75) is 25.3 Å². The summed E-state index contributed by atoms with van der Waals surface area (Å²) in [4.78, 5) is 25.1. The quantitative estimate of drug-likeness (QED) is 0.683. The highest BCUT2D eigenvalue weighted by atomic mass is 16.6. The molecule has 1 aliphatic rings. The highest BCUT2D eigenvalue weighted by Gasteiger charge is 2.24. The van der Waals surface area contributed by atoms with Crippen molar-refractivity contribution < 1.29 is 9.72 Å². The van der Waals surface area contributed by atoms with Crippen LogP contribution in [0.15, 0.2) is 42.5 Å². The average Bonchev–Trinajstić information content (AvgIpc) is 2.61. The molecule has 0 fully saturated rings. The zero-order valence-electron chi connectivity index (χ0n) is 14.4. The van der Waals surface area contributed by atoms with E-state index >= 15 is 0 Å². The molecule has 0 spiro atoms. The van der Waals surface area contributed by atoms with E-state index in [0.29, 0.717) is 11.3 Å². The van der Waals surface area contributed by atoms with Crippen molar-refractivity contribution in [3.8, 4) is 0 Å². The number of carbonyl (C=O) groups is 1. The smallest absolute Gasteiger partial charge is 0.293 e. The molecule has 0 saturated heterocycles. The molecule has 0 heterocycles. The van der Waals surface area contributed by atoms with E-state index in [1.165, 1.54) is 11.6 Å². The number of nitro benzene ring substituents is 1. The van der Waals surface area contributed by atoms with Crippen LogP contribution < -0.4 is 10.2 Å². The fourth-order valence-corrected chi connectivity index (χ4v) is 3.33. The van der Waals surface area contributed by atoms with Gasteiger partial charge in [-0.25, -0.2) is 0 Å². The molecular weight excluding hydrogens is 318 g/mol. The van der Waals surface area contributed by atoms with Gasteiger partial charge in [0.2, 0.25) is 0 Å². The number of hydrogen-bond acceptors (Lipinski definition) is 4. The minimum atomic E-state index is -0.456. The molecule has 2 aromatic rings. The molecule has 1 amide bonds. The normalized spacial score (nSPS) is 16.0. The van der Waals surface area contributed by atoms with Crippen LogP contribution in [0.1, 0.15) is 40.4 Å². The molecule has 1 N–H and O–H groups in total. The van der Waals surface area contributed by atoms with Crippen molar-refractivity contribution >= 4 is 17.3 Å². The van der Waals surface area contributed by atoms with Gasteiger partial charge in [-0.15, -0.1) is 0 Å². The minimum absolute atomic E-state index is 0.0509. The van der Waals surface area contributed by atoms with Crippen LogP contribution in [0, 0.1) is 10.1 Å². The summed E-state index contributed by atoms with van der Waals surface area (Å²) in [6.07, 6.45) is 2.91. The third-order valence-electron chi connectivity index (χ3n) is 4.59. The highest BCUT2D eigenvalue weighted by Crippen LogP contribution is 2.31. The van der Waals surface area contributed by atoms with Gasteiger partial charge in [-0.05, 0) is 42.5 Å². The monoisotopic (exact) mass is 339 g/mol. The second kappa shape index (κ2) is 6.93. The Morgan fingerprint density at radius 2 is 2.00 bits per heavy atom. The van der Waals surface area contributed by atoms with E-state index in [4.69, 9.17) is 0 Å². The number of carbonyl (C=O) groups excluding carboxylic acids is 1. The second-order valence-corrected chi connectivity index (χ2v) is 6.47. The van der Waals surface area contributed by atoms with E-state index in [0.717, 1.165) is 24.8 Å². The van der Waals surface area contributed by atoms with Gasteiger partial charge in [-0.3, -0.25) is 14.9 Å². The zero-order chi connectivity index (χ0) is 18.0. The predicted molar refractivity (Wildman–Crippen MR) is 97.0 cm³/mol. The minimum Gasteiger partial charge on any atom is -0.372 e. The summed E-state index contributed by atoms with van der Waals surface area (Å²) >= 11 is 0. The molecule has 0 bridgehead atoms. The van der Waals surface area contributed by atoms with E-state index in [2.05, 4.69) is 11.4 Å². The lowest BCUT2D eigenvalue weighted by atomic mass is 9.87. The van der Waals surface area contributed by atoms with Crippen LogP contribution in [0.5, 0.6) is 0 Å².